The Morgan fingerprint density at radius 3 is 2.94 bits per heavy atom. The van der Waals surface area contributed by atoms with E-state index < -0.39 is 0 Å². The van der Waals surface area contributed by atoms with Crippen LogP contribution < -0.4 is 10.1 Å². The molecule has 0 aliphatic rings. The molecule has 18 heavy (non-hydrogen) atoms. The van der Waals surface area contributed by atoms with Crippen LogP contribution in [-0.2, 0) is 13.0 Å². The molecule has 0 aliphatic carbocycles. The molecule has 0 saturated carbocycles. The van der Waals surface area contributed by atoms with E-state index in [0.29, 0.717) is 6.61 Å². The van der Waals surface area contributed by atoms with Gasteiger partial charge >= 0.3 is 0 Å². The number of hydrogen-bond acceptors (Lipinski definition) is 3. The summed E-state index contributed by atoms with van der Waals surface area (Å²) in [6.45, 7) is 1.45. The zero-order valence-electron chi connectivity index (χ0n) is 10.3. The molecule has 0 unspecified atom stereocenters. The van der Waals surface area contributed by atoms with E-state index >= 15 is 0 Å². The van der Waals surface area contributed by atoms with Gasteiger partial charge in [0.25, 0.3) is 0 Å². The highest BCUT2D eigenvalue weighted by Crippen LogP contribution is 2.23. The van der Waals surface area contributed by atoms with E-state index in [9.17, 15) is 0 Å². The monoisotopic (exact) mass is 281 g/mol. The Morgan fingerprint density at radius 2 is 2.22 bits per heavy atom. The molecular weight excluding hydrogens is 266 g/mol. The van der Waals surface area contributed by atoms with Gasteiger partial charge in [-0.3, -0.25) is 0 Å². The summed E-state index contributed by atoms with van der Waals surface area (Å²) in [5.74, 6) is 0.908. The van der Waals surface area contributed by atoms with Gasteiger partial charge in [-0.25, -0.2) is 0 Å². The van der Waals surface area contributed by atoms with Gasteiger partial charge < -0.3 is 10.1 Å². The van der Waals surface area contributed by atoms with Crippen molar-refractivity contribution in [2.24, 2.45) is 0 Å². The molecule has 2 rings (SSSR count). The minimum atomic E-state index is 0.693. The summed E-state index contributed by atoms with van der Waals surface area (Å²) in [5, 5.41) is 5.95. The van der Waals surface area contributed by atoms with Crippen LogP contribution in [-0.4, -0.2) is 13.7 Å². The lowest BCUT2D eigenvalue weighted by molar-refractivity contribution is 0.319. The topological polar surface area (TPSA) is 21.3 Å². The number of rotatable bonds is 6. The summed E-state index contributed by atoms with van der Waals surface area (Å²) in [5.41, 5.74) is 1.09. The van der Waals surface area contributed by atoms with E-state index in [1.165, 1.54) is 4.88 Å². The van der Waals surface area contributed by atoms with Crippen LogP contribution in [0.25, 0.3) is 0 Å². The molecule has 2 nitrogen and oxygen atoms in total. The van der Waals surface area contributed by atoms with Crippen LogP contribution in [0.15, 0.2) is 35.7 Å². The number of thiophene rings is 1. The standard InChI is InChI=1S/C14H16ClNOS/c1-16-10-11-9-12(15)4-5-14(11)17-7-6-13-3-2-8-18-13/h2-5,8-9,16H,6-7,10H2,1H3. The summed E-state index contributed by atoms with van der Waals surface area (Å²) in [6.07, 6.45) is 0.944. The van der Waals surface area contributed by atoms with E-state index in [4.69, 9.17) is 16.3 Å². The predicted octanol–water partition coefficient (Wildman–Crippen LogP) is 3.74. The molecule has 96 valence electrons. The van der Waals surface area contributed by atoms with Gasteiger partial charge in [0.05, 0.1) is 6.61 Å². The third-order valence-corrected chi connectivity index (χ3v) is 3.75. The molecular formula is C14H16ClNOS. The Morgan fingerprint density at radius 1 is 1.33 bits per heavy atom. The first-order valence-corrected chi connectivity index (χ1v) is 7.13. The second-order valence-corrected chi connectivity index (χ2v) is 5.43. The van der Waals surface area contributed by atoms with Crippen molar-refractivity contribution in [3.05, 3.63) is 51.2 Å². The van der Waals surface area contributed by atoms with Crippen LogP contribution >= 0.6 is 22.9 Å². The summed E-state index contributed by atoms with van der Waals surface area (Å²) < 4.78 is 5.83. The lowest BCUT2D eigenvalue weighted by Gasteiger charge is -2.11. The van der Waals surface area contributed by atoms with Crippen molar-refractivity contribution in [3.63, 3.8) is 0 Å². The molecule has 0 amide bonds. The molecule has 1 heterocycles. The number of ether oxygens (including phenoxy) is 1. The molecule has 1 aromatic heterocycles. The van der Waals surface area contributed by atoms with Crippen LogP contribution in [0, 0.1) is 0 Å². The third-order valence-electron chi connectivity index (χ3n) is 2.58. The molecule has 0 spiro atoms. The highest BCUT2D eigenvalue weighted by Gasteiger charge is 2.04. The quantitative estimate of drug-likeness (QED) is 0.871. The van der Waals surface area contributed by atoms with Crippen LogP contribution in [0.2, 0.25) is 5.02 Å². The fourth-order valence-electron chi connectivity index (χ4n) is 1.73. The first-order valence-electron chi connectivity index (χ1n) is 5.88. The fourth-order valence-corrected chi connectivity index (χ4v) is 2.62. The van der Waals surface area contributed by atoms with Crippen LogP contribution in [0.4, 0.5) is 0 Å². The smallest absolute Gasteiger partial charge is 0.123 e. The zero-order chi connectivity index (χ0) is 12.8. The van der Waals surface area contributed by atoms with Crippen LogP contribution in [0.5, 0.6) is 5.75 Å². The molecule has 2 aromatic rings. The van der Waals surface area contributed by atoms with Crippen molar-refractivity contribution in [2.45, 2.75) is 13.0 Å². The molecule has 1 aromatic carbocycles. The SMILES string of the molecule is CNCc1cc(Cl)ccc1OCCc1cccs1. The number of benzene rings is 1. The van der Waals surface area contributed by atoms with E-state index in [0.717, 1.165) is 29.3 Å². The van der Waals surface area contributed by atoms with Crippen LogP contribution in [0.3, 0.4) is 0 Å². The van der Waals surface area contributed by atoms with E-state index in [1.54, 1.807) is 11.3 Å². The molecule has 1 N–H and O–H groups in total. The van der Waals surface area contributed by atoms with E-state index in [2.05, 4.69) is 22.8 Å². The molecule has 0 atom stereocenters. The van der Waals surface area contributed by atoms with E-state index in [1.807, 2.05) is 25.2 Å². The predicted molar refractivity (Wildman–Crippen MR) is 77.7 cm³/mol. The van der Waals surface area contributed by atoms with E-state index in [-0.39, 0.29) is 0 Å². The van der Waals surface area contributed by atoms with Gasteiger partial charge in [-0.2, -0.15) is 0 Å². The third kappa shape index (κ3) is 3.73. The minimum absolute atomic E-state index is 0.693. The Kier molecular flexibility index (Phi) is 5.05. The highest BCUT2D eigenvalue weighted by atomic mass is 35.5. The first kappa shape index (κ1) is 13.4. The maximum absolute atomic E-state index is 5.99. The van der Waals surface area contributed by atoms with Crippen LogP contribution in [0.1, 0.15) is 10.4 Å². The Labute approximate surface area is 117 Å². The second kappa shape index (κ2) is 6.78. The zero-order valence-corrected chi connectivity index (χ0v) is 11.9. The van der Waals surface area contributed by atoms with Crippen molar-refractivity contribution in [1.29, 1.82) is 0 Å². The molecule has 0 aliphatic heterocycles. The molecule has 0 radical (unpaired) electrons. The van der Waals surface area contributed by atoms with Crippen molar-refractivity contribution >= 4 is 22.9 Å². The highest BCUT2D eigenvalue weighted by molar-refractivity contribution is 7.09. The normalized spacial score (nSPS) is 10.6. The number of hydrogen-bond donors (Lipinski definition) is 1. The Balaban J connectivity index is 1.95. The fraction of sp³-hybridized carbons (Fsp3) is 0.286. The van der Waals surface area contributed by atoms with Gasteiger partial charge in [-0.1, -0.05) is 17.7 Å². The van der Waals surface area contributed by atoms with Gasteiger partial charge in [0.1, 0.15) is 5.75 Å². The summed E-state index contributed by atoms with van der Waals surface area (Å²) >= 11 is 7.75. The Bertz CT molecular complexity index is 485. The Hall–Kier alpha value is -1.03. The van der Waals surface area contributed by atoms with Gasteiger partial charge in [-0.15, -0.1) is 11.3 Å². The molecule has 4 heteroatoms. The lowest BCUT2D eigenvalue weighted by atomic mass is 10.2. The van der Waals surface area contributed by atoms with Crippen molar-refractivity contribution in [1.82, 2.24) is 5.32 Å². The largest absolute Gasteiger partial charge is 0.493 e. The number of halogens is 1. The second-order valence-electron chi connectivity index (χ2n) is 3.96. The summed E-state index contributed by atoms with van der Waals surface area (Å²) in [7, 11) is 1.91. The maximum atomic E-state index is 5.99. The maximum Gasteiger partial charge on any atom is 0.123 e. The van der Waals surface area contributed by atoms with Crippen molar-refractivity contribution in [2.75, 3.05) is 13.7 Å². The lowest BCUT2D eigenvalue weighted by Crippen LogP contribution is -2.08. The van der Waals surface area contributed by atoms with Crippen molar-refractivity contribution in [3.8, 4) is 5.75 Å². The average Bonchev–Trinajstić information content (AvgIpc) is 2.85. The minimum Gasteiger partial charge on any atom is -0.493 e. The molecule has 0 saturated heterocycles. The van der Waals surface area contributed by atoms with Gasteiger partial charge in [0, 0.05) is 28.4 Å². The summed E-state index contributed by atoms with van der Waals surface area (Å²) in [4.78, 5) is 1.35. The summed E-state index contributed by atoms with van der Waals surface area (Å²) in [6, 6.07) is 9.93. The van der Waals surface area contributed by atoms with Gasteiger partial charge in [0.15, 0.2) is 0 Å². The molecule has 0 bridgehead atoms. The van der Waals surface area contributed by atoms with Gasteiger partial charge in [0.2, 0.25) is 0 Å². The average molecular weight is 282 g/mol. The van der Waals surface area contributed by atoms with Crippen molar-refractivity contribution < 1.29 is 4.74 Å². The van der Waals surface area contributed by atoms with Gasteiger partial charge in [-0.05, 0) is 36.7 Å². The first-order chi connectivity index (χ1) is 8.79. The molecule has 0 fully saturated rings. The number of nitrogens with one attached hydrogen (secondary N) is 1.